The van der Waals surface area contributed by atoms with Gasteiger partial charge in [0.2, 0.25) is 5.82 Å². The number of hydrogen-bond acceptors (Lipinski definition) is 6. The van der Waals surface area contributed by atoms with Gasteiger partial charge < -0.3 is 9.80 Å². The van der Waals surface area contributed by atoms with Crippen molar-refractivity contribution in [2.24, 2.45) is 0 Å². The number of nitrogens with zero attached hydrogens (tertiary/aromatic N) is 5. The molecule has 29 heavy (non-hydrogen) atoms. The van der Waals surface area contributed by atoms with Gasteiger partial charge in [0.1, 0.15) is 5.82 Å². The first-order valence-electron chi connectivity index (χ1n) is 9.81. The smallest absolute Gasteiger partial charge is 0.291 e. The summed E-state index contributed by atoms with van der Waals surface area (Å²) < 4.78 is 0. The minimum atomic E-state index is -0.190. The molecule has 1 aromatic carbocycles. The molecule has 1 fully saturated rings. The second-order valence-electron chi connectivity index (χ2n) is 7.40. The summed E-state index contributed by atoms with van der Waals surface area (Å²) in [6, 6.07) is 12.0. The first kappa shape index (κ1) is 19.6. The van der Waals surface area contributed by atoms with Crippen LogP contribution >= 0.6 is 11.8 Å². The maximum Gasteiger partial charge on any atom is 0.291 e. The third-order valence-corrected chi connectivity index (χ3v) is 6.03. The molecule has 0 atom stereocenters. The standard InChI is InChI=1S/C22H25N5OS/c1-15-13-16(2)23-19-18(15)21(27-9-11-29-12-10-27)25-20(24-19)22(28)26(3)14-17-7-5-4-6-8-17/h4-8,13H,9-12,14H2,1-3H3. The summed E-state index contributed by atoms with van der Waals surface area (Å²) in [6.07, 6.45) is 0. The number of amides is 1. The number of anilines is 1. The number of aromatic nitrogens is 3. The maximum absolute atomic E-state index is 13.1. The highest BCUT2D eigenvalue weighted by Gasteiger charge is 2.23. The number of fused-ring (bicyclic) bond motifs is 1. The number of carbonyl (C=O) groups is 1. The second kappa shape index (κ2) is 8.37. The van der Waals surface area contributed by atoms with Crippen LogP contribution in [0.15, 0.2) is 36.4 Å². The van der Waals surface area contributed by atoms with Crippen LogP contribution in [0.5, 0.6) is 0 Å². The van der Waals surface area contributed by atoms with Gasteiger partial charge in [-0.15, -0.1) is 0 Å². The van der Waals surface area contributed by atoms with E-state index in [1.54, 1.807) is 11.9 Å². The molecule has 6 nitrogen and oxygen atoms in total. The number of thioether (sulfide) groups is 1. The Hall–Kier alpha value is -2.67. The molecule has 3 heterocycles. The predicted octanol–water partition coefficient (Wildman–Crippen LogP) is 3.47. The van der Waals surface area contributed by atoms with Gasteiger partial charge in [-0.2, -0.15) is 11.8 Å². The molecule has 1 amide bonds. The van der Waals surface area contributed by atoms with Crippen molar-refractivity contribution < 1.29 is 4.79 Å². The molecule has 0 spiro atoms. The van der Waals surface area contributed by atoms with Crippen LogP contribution in [-0.4, -0.2) is 57.4 Å². The van der Waals surface area contributed by atoms with Crippen molar-refractivity contribution in [1.29, 1.82) is 0 Å². The first-order chi connectivity index (χ1) is 14.0. The zero-order chi connectivity index (χ0) is 20.4. The Bertz CT molecular complexity index is 1030. The van der Waals surface area contributed by atoms with E-state index in [0.29, 0.717) is 12.2 Å². The zero-order valence-electron chi connectivity index (χ0n) is 17.1. The van der Waals surface area contributed by atoms with Gasteiger partial charge in [0, 0.05) is 43.9 Å². The molecule has 0 radical (unpaired) electrons. The van der Waals surface area contributed by atoms with Crippen LogP contribution < -0.4 is 4.90 Å². The molecule has 0 unspecified atom stereocenters. The molecular formula is C22H25N5OS. The summed E-state index contributed by atoms with van der Waals surface area (Å²) in [5, 5.41) is 0.949. The fraction of sp³-hybridized carbons (Fsp3) is 0.364. The molecule has 0 N–H and O–H groups in total. The average molecular weight is 408 g/mol. The zero-order valence-corrected chi connectivity index (χ0v) is 17.9. The van der Waals surface area contributed by atoms with E-state index in [-0.39, 0.29) is 11.7 Å². The van der Waals surface area contributed by atoms with Crippen molar-refractivity contribution in [3.63, 3.8) is 0 Å². The van der Waals surface area contributed by atoms with Crippen molar-refractivity contribution in [2.45, 2.75) is 20.4 Å². The van der Waals surface area contributed by atoms with E-state index in [4.69, 9.17) is 4.98 Å². The molecule has 4 rings (SSSR count). The number of hydrogen-bond donors (Lipinski definition) is 0. The van der Waals surface area contributed by atoms with Gasteiger partial charge in [0.25, 0.3) is 5.91 Å². The van der Waals surface area contributed by atoms with Gasteiger partial charge in [0.15, 0.2) is 5.65 Å². The number of aryl methyl sites for hydroxylation is 2. The van der Waals surface area contributed by atoms with Gasteiger partial charge in [-0.1, -0.05) is 30.3 Å². The lowest BCUT2D eigenvalue weighted by Gasteiger charge is -2.29. The van der Waals surface area contributed by atoms with Gasteiger partial charge in [-0.25, -0.2) is 15.0 Å². The summed E-state index contributed by atoms with van der Waals surface area (Å²) >= 11 is 1.95. The Labute approximate surface area is 175 Å². The first-order valence-corrected chi connectivity index (χ1v) is 11.0. The Morgan fingerprint density at radius 2 is 1.83 bits per heavy atom. The molecule has 2 aromatic heterocycles. The van der Waals surface area contributed by atoms with Crippen LogP contribution in [0, 0.1) is 13.8 Å². The van der Waals surface area contributed by atoms with Crippen molar-refractivity contribution >= 4 is 34.5 Å². The minimum absolute atomic E-state index is 0.190. The predicted molar refractivity (Wildman–Crippen MR) is 119 cm³/mol. The topological polar surface area (TPSA) is 62.2 Å². The summed E-state index contributed by atoms with van der Waals surface area (Å²) in [7, 11) is 1.79. The lowest BCUT2D eigenvalue weighted by atomic mass is 10.1. The molecule has 1 aliphatic heterocycles. The van der Waals surface area contributed by atoms with Gasteiger partial charge in [-0.05, 0) is 31.0 Å². The van der Waals surface area contributed by atoms with E-state index in [0.717, 1.165) is 52.6 Å². The second-order valence-corrected chi connectivity index (χ2v) is 8.62. The number of rotatable bonds is 4. The average Bonchev–Trinajstić information content (AvgIpc) is 2.73. The number of benzene rings is 1. The normalized spacial score (nSPS) is 14.2. The van der Waals surface area contributed by atoms with Crippen molar-refractivity contribution in [2.75, 3.05) is 36.5 Å². The van der Waals surface area contributed by atoms with E-state index < -0.39 is 0 Å². The monoisotopic (exact) mass is 407 g/mol. The highest BCUT2D eigenvalue weighted by Crippen LogP contribution is 2.29. The fourth-order valence-electron chi connectivity index (χ4n) is 3.66. The third kappa shape index (κ3) is 4.19. The summed E-state index contributed by atoms with van der Waals surface area (Å²) in [6.45, 7) is 6.35. The summed E-state index contributed by atoms with van der Waals surface area (Å²) in [4.78, 5) is 31.0. The highest BCUT2D eigenvalue weighted by atomic mass is 32.2. The molecule has 0 aliphatic carbocycles. The van der Waals surface area contributed by atoms with E-state index in [1.165, 1.54) is 0 Å². The summed E-state index contributed by atoms with van der Waals surface area (Å²) in [5.41, 5.74) is 3.66. The van der Waals surface area contributed by atoms with Crippen molar-refractivity contribution in [3.8, 4) is 0 Å². The quantitative estimate of drug-likeness (QED) is 0.660. The molecule has 7 heteroatoms. The molecule has 3 aromatic rings. The lowest BCUT2D eigenvalue weighted by Crippen LogP contribution is -2.35. The Kier molecular flexibility index (Phi) is 5.67. The Balaban J connectivity index is 1.75. The van der Waals surface area contributed by atoms with Crippen molar-refractivity contribution in [1.82, 2.24) is 19.9 Å². The molecule has 0 bridgehead atoms. The lowest BCUT2D eigenvalue weighted by molar-refractivity contribution is 0.0773. The van der Waals surface area contributed by atoms with Crippen molar-refractivity contribution in [3.05, 3.63) is 59.0 Å². The van der Waals surface area contributed by atoms with Crippen LogP contribution in [0.2, 0.25) is 0 Å². The SMILES string of the molecule is Cc1cc(C)c2c(N3CCSCC3)nc(C(=O)N(C)Cc3ccccc3)nc2n1. The largest absolute Gasteiger partial charge is 0.354 e. The van der Waals surface area contributed by atoms with Gasteiger partial charge in [-0.3, -0.25) is 4.79 Å². The Morgan fingerprint density at radius 1 is 1.10 bits per heavy atom. The molecule has 1 saturated heterocycles. The number of pyridine rings is 1. The van der Waals surface area contributed by atoms with Crippen LogP contribution in [0.4, 0.5) is 5.82 Å². The van der Waals surface area contributed by atoms with E-state index in [1.807, 2.05) is 49.0 Å². The fourth-order valence-corrected chi connectivity index (χ4v) is 4.56. The van der Waals surface area contributed by atoms with Crippen LogP contribution in [0.3, 0.4) is 0 Å². The van der Waals surface area contributed by atoms with Gasteiger partial charge in [0.05, 0.1) is 5.39 Å². The molecular weight excluding hydrogens is 382 g/mol. The minimum Gasteiger partial charge on any atom is -0.354 e. The number of carbonyl (C=O) groups excluding carboxylic acids is 1. The third-order valence-electron chi connectivity index (χ3n) is 5.08. The van der Waals surface area contributed by atoms with E-state index in [9.17, 15) is 4.79 Å². The summed E-state index contributed by atoms with van der Waals surface area (Å²) in [5.74, 6) is 2.96. The van der Waals surface area contributed by atoms with Gasteiger partial charge >= 0.3 is 0 Å². The van der Waals surface area contributed by atoms with E-state index in [2.05, 4.69) is 27.9 Å². The van der Waals surface area contributed by atoms with Crippen LogP contribution in [-0.2, 0) is 6.54 Å². The molecule has 150 valence electrons. The van der Waals surface area contributed by atoms with Crippen LogP contribution in [0.1, 0.15) is 27.4 Å². The van der Waals surface area contributed by atoms with E-state index >= 15 is 0 Å². The molecule has 1 aliphatic rings. The highest BCUT2D eigenvalue weighted by molar-refractivity contribution is 7.99. The van der Waals surface area contributed by atoms with Crippen LogP contribution in [0.25, 0.3) is 11.0 Å². The Morgan fingerprint density at radius 3 is 2.55 bits per heavy atom. The maximum atomic E-state index is 13.1. The molecule has 0 saturated carbocycles.